The number of benzene rings is 2. The number of hydrogen-bond donors (Lipinski definition) is 1. The first-order chi connectivity index (χ1) is 12.3. The Morgan fingerprint density at radius 2 is 1.68 bits per heavy atom. The normalized spacial score (nSPS) is 21.0. The van der Waals surface area contributed by atoms with Crippen LogP contribution in [0.2, 0.25) is 0 Å². The Morgan fingerprint density at radius 3 is 2.44 bits per heavy atom. The minimum atomic E-state index is 0.312. The van der Waals surface area contributed by atoms with E-state index in [0.29, 0.717) is 18.1 Å². The van der Waals surface area contributed by atoms with E-state index in [1.54, 1.807) is 0 Å². The van der Waals surface area contributed by atoms with Crippen molar-refractivity contribution in [1.29, 1.82) is 0 Å². The van der Waals surface area contributed by atoms with Crippen LogP contribution in [0.3, 0.4) is 0 Å². The van der Waals surface area contributed by atoms with E-state index in [1.807, 2.05) is 12.1 Å². The molecule has 1 heterocycles. The number of allylic oxidation sites excluding steroid dienone is 1. The van der Waals surface area contributed by atoms with Gasteiger partial charge in [0.1, 0.15) is 0 Å². The van der Waals surface area contributed by atoms with E-state index in [0.717, 1.165) is 38.2 Å². The molecule has 0 fully saturated rings. The van der Waals surface area contributed by atoms with E-state index < -0.39 is 0 Å². The second-order valence-electron chi connectivity index (χ2n) is 7.02. The lowest BCUT2D eigenvalue weighted by atomic mass is 9.81. The first-order valence-electron chi connectivity index (χ1n) is 9.10. The van der Waals surface area contributed by atoms with Crippen LogP contribution in [-0.2, 0) is 11.2 Å². The van der Waals surface area contributed by atoms with Crippen LogP contribution in [0.5, 0.6) is 0 Å². The average Bonchev–Trinajstić information content (AvgIpc) is 2.68. The van der Waals surface area contributed by atoms with Gasteiger partial charge in [0, 0.05) is 30.8 Å². The molecule has 3 heteroatoms. The highest BCUT2D eigenvalue weighted by Crippen LogP contribution is 2.34. The summed E-state index contributed by atoms with van der Waals surface area (Å²) in [6, 6.07) is 21.0. The highest BCUT2D eigenvalue weighted by atomic mass is 16.1. The molecular weight excluding hydrogens is 308 g/mol. The first-order valence-corrected chi connectivity index (χ1v) is 9.10. The molecule has 128 valence electrons. The monoisotopic (exact) mass is 332 g/mol. The van der Waals surface area contributed by atoms with Crippen molar-refractivity contribution in [2.24, 2.45) is 0 Å². The summed E-state index contributed by atoms with van der Waals surface area (Å²) in [6.07, 6.45) is 2.61. The van der Waals surface area contributed by atoms with E-state index in [2.05, 4.69) is 58.7 Å². The molecule has 2 aliphatic rings. The molecule has 1 aliphatic heterocycles. The second-order valence-corrected chi connectivity index (χ2v) is 7.02. The van der Waals surface area contributed by atoms with E-state index in [4.69, 9.17) is 0 Å². The Labute approximate surface area is 149 Å². The van der Waals surface area contributed by atoms with Gasteiger partial charge in [0.2, 0.25) is 0 Å². The quantitative estimate of drug-likeness (QED) is 0.930. The summed E-state index contributed by atoms with van der Waals surface area (Å²) in [5.41, 5.74) is 4.80. The molecular formula is C22H24N2O. The van der Waals surface area contributed by atoms with Gasteiger partial charge in [-0.3, -0.25) is 9.69 Å². The molecule has 0 saturated carbocycles. The maximum Gasteiger partial charge on any atom is 0.162 e. The third-order valence-electron chi connectivity index (χ3n) is 5.31. The molecule has 0 spiro atoms. The Balaban J connectivity index is 1.41. The topological polar surface area (TPSA) is 32.3 Å². The van der Waals surface area contributed by atoms with E-state index in [9.17, 15) is 4.79 Å². The lowest BCUT2D eigenvalue weighted by Gasteiger charge is -2.36. The van der Waals surface area contributed by atoms with Gasteiger partial charge in [-0.05, 0) is 29.9 Å². The standard InChI is InChI=1S/C22H24N2O/c25-22-14-19(18-9-5-2-6-10-18)13-21-20(22)15-24(16-23-21)12-11-17-7-3-1-4-8-17/h1-10,19,23H,11-16H2. The third kappa shape index (κ3) is 3.67. The molecule has 0 amide bonds. The fraction of sp³-hybridized carbons (Fsp3) is 0.318. The Morgan fingerprint density at radius 1 is 0.960 bits per heavy atom. The summed E-state index contributed by atoms with van der Waals surface area (Å²) in [5, 5.41) is 3.52. The van der Waals surface area contributed by atoms with Gasteiger partial charge in [-0.25, -0.2) is 0 Å². The van der Waals surface area contributed by atoms with Gasteiger partial charge in [0.05, 0.1) is 6.67 Å². The molecule has 0 aromatic heterocycles. The van der Waals surface area contributed by atoms with Gasteiger partial charge in [0.15, 0.2) is 5.78 Å². The highest BCUT2D eigenvalue weighted by Gasteiger charge is 2.31. The van der Waals surface area contributed by atoms with Crippen molar-refractivity contribution in [2.45, 2.75) is 25.2 Å². The maximum atomic E-state index is 12.7. The summed E-state index contributed by atoms with van der Waals surface area (Å²) in [7, 11) is 0. The number of Topliss-reactive ketones (excluding diaryl/α,β-unsaturated/α-hetero) is 1. The lowest BCUT2D eigenvalue weighted by molar-refractivity contribution is -0.117. The summed E-state index contributed by atoms with van der Waals surface area (Å²) in [6.45, 7) is 2.60. The molecule has 2 aromatic carbocycles. The molecule has 0 saturated heterocycles. The number of carbonyl (C=O) groups excluding carboxylic acids is 1. The maximum absolute atomic E-state index is 12.7. The van der Waals surface area contributed by atoms with Crippen LogP contribution in [0.15, 0.2) is 71.9 Å². The number of hydrogen-bond acceptors (Lipinski definition) is 3. The lowest BCUT2D eigenvalue weighted by Crippen LogP contribution is -2.45. The smallest absolute Gasteiger partial charge is 0.162 e. The first kappa shape index (κ1) is 16.1. The molecule has 2 aromatic rings. The zero-order valence-corrected chi connectivity index (χ0v) is 14.4. The second kappa shape index (κ2) is 7.24. The van der Waals surface area contributed by atoms with E-state index in [-0.39, 0.29) is 0 Å². The zero-order valence-electron chi connectivity index (χ0n) is 14.4. The number of nitrogens with zero attached hydrogens (tertiary/aromatic N) is 1. The number of nitrogens with one attached hydrogen (secondary N) is 1. The minimum absolute atomic E-state index is 0.312. The molecule has 3 nitrogen and oxygen atoms in total. The van der Waals surface area contributed by atoms with Gasteiger partial charge < -0.3 is 5.32 Å². The van der Waals surface area contributed by atoms with Gasteiger partial charge in [0.25, 0.3) is 0 Å². The van der Waals surface area contributed by atoms with Crippen LogP contribution in [0.1, 0.15) is 29.9 Å². The van der Waals surface area contributed by atoms with Gasteiger partial charge in [-0.2, -0.15) is 0 Å². The van der Waals surface area contributed by atoms with Gasteiger partial charge >= 0.3 is 0 Å². The molecule has 25 heavy (non-hydrogen) atoms. The Kier molecular flexibility index (Phi) is 4.66. The van der Waals surface area contributed by atoms with Crippen molar-refractivity contribution in [2.75, 3.05) is 19.8 Å². The van der Waals surface area contributed by atoms with Crippen molar-refractivity contribution < 1.29 is 4.79 Å². The summed E-state index contributed by atoms with van der Waals surface area (Å²) in [4.78, 5) is 15.0. The SMILES string of the molecule is O=C1CC(c2ccccc2)CC2=C1CN(CCc1ccccc1)CN2. The predicted molar refractivity (Wildman–Crippen MR) is 100 cm³/mol. The van der Waals surface area contributed by atoms with Crippen molar-refractivity contribution in [1.82, 2.24) is 10.2 Å². The minimum Gasteiger partial charge on any atom is -0.375 e. The third-order valence-corrected chi connectivity index (χ3v) is 5.31. The zero-order chi connectivity index (χ0) is 17.1. The van der Waals surface area contributed by atoms with Crippen LogP contribution >= 0.6 is 0 Å². The number of ketones is 1. The van der Waals surface area contributed by atoms with Crippen molar-refractivity contribution in [3.05, 3.63) is 83.1 Å². The molecule has 1 atom stereocenters. The molecule has 0 bridgehead atoms. The van der Waals surface area contributed by atoms with E-state index in [1.165, 1.54) is 16.8 Å². The average molecular weight is 332 g/mol. The predicted octanol–water partition coefficient (Wildman–Crippen LogP) is 3.49. The summed E-state index contributed by atoms with van der Waals surface area (Å²) < 4.78 is 0. The van der Waals surface area contributed by atoms with Crippen molar-refractivity contribution >= 4 is 5.78 Å². The largest absolute Gasteiger partial charge is 0.375 e. The molecule has 1 unspecified atom stereocenters. The molecule has 1 N–H and O–H groups in total. The van der Waals surface area contributed by atoms with E-state index >= 15 is 0 Å². The van der Waals surface area contributed by atoms with Crippen molar-refractivity contribution in [3.8, 4) is 0 Å². The summed E-state index contributed by atoms with van der Waals surface area (Å²) in [5.74, 6) is 0.628. The summed E-state index contributed by atoms with van der Waals surface area (Å²) >= 11 is 0. The fourth-order valence-corrected chi connectivity index (χ4v) is 3.86. The molecule has 0 radical (unpaired) electrons. The van der Waals surface area contributed by atoms with Gasteiger partial charge in [-0.1, -0.05) is 60.7 Å². The Hall–Kier alpha value is -2.39. The molecule has 1 aliphatic carbocycles. The molecule has 4 rings (SSSR count). The number of rotatable bonds is 4. The Bertz CT molecular complexity index is 767. The van der Waals surface area contributed by atoms with Crippen LogP contribution in [0.25, 0.3) is 0 Å². The van der Waals surface area contributed by atoms with Gasteiger partial charge in [-0.15, -0.1) is 0 Å². The van der Waals surface area contributed by atoms with Crippen LogP contribution in [0.4, 0.5) is 0 Å². The van der Waals surface area contributed by atoms with Crippen LogP contribution < -0.4 is 5.32 Å². The van der Waals surface area contributed by atoms with Crippen LogP contribution in [0, 0.1) is 0 Å². The number of carbonyl (C=O) groups is 1. The fourth-order valence-electron chi connectivity index (χ4n) is 3.86. The van der Waals surface area contributed by atoms with Crippen molar-refractivity contribution in [3.63, 3.8) is 0 Å². The highest BCUT2D eigenvalue weighted by molar-refractivity contribution is 5.98. The van der Waals surface area contributed by atoms with Crippen LogP contribution in [-0.4, -0.2) is 30.4 Å².